The second-order valence-electron chi connectivity index (χ2n) is 9.52. The summed E-state index contributed by atoms with van der Waals surface area (Å²) in [5.74, 6) is -0.676. The SMILES string of the molecule is C#Cc1cccc(CN(C[C@@H](O)[C@@H](N)Cc2cc(F)cc(F)c2)C(=O)[C@@H](CS(=O)(=O)CCCC)NC(=O)NC)c1. The van der Waals surface area contributed by atoms with Crippen molar-refractivity contribution in [2.24, 2.45) is 5.73 Å². The lowest BCUT2D eigenvalue weighted by Gasteiger charge is -2.31. The molecule has 0 spiro atoms. The molecule has 2 aromatic rings. The van der Waals surface area contributed by atoms with Gasteiger partial charge in [-0.15, -0.1) is 6.42 Å². The van der Waals surface area contributed by atoms with Crippen LogP contribution in [0.3, 0.4) is 0 Å². The molecule has 2 aromatic carbocycles. The van der Waals surface area contributed by atoms with Gasteiger partial charge in [0.25, 0.3) is 0 Å². The van der Waals surface area contributed by atoms with Gasteiger partial charge in [0.1, 0.15) is 17.7 Å². The first-order valence-corrected chi connectivity index (χ1v) is 14.6. The fourth-order valence-electron chi connectivity index (χ4n) is 4.04. The van der Waals surface area contributed by atoms with Gasteiger partial charge in [0.15, 0.2) is 9.84 Å². The van der Waals surface area contributed by atoms with E-state index in [9.17, 15) is 31.9 Å². The molecule has 9 nitrogen and oxygen atoms in total. The van der Waals surface area contributed by atoms with E-state index in [1.165, 1.54) is 11.9 Å². The van der Waals surface area contributed by atoms with Crippen molar-refractivity contribution in [2.75, 3.05) is 25.1 Å². The van der Waals surface area contributed by atoms with Gasteiger partial charge in [-0.2, -0.15) is 0 Å². The molecule has 3 amide bonds. The molecule has 40 heavy (non-hydrogen) atoms. The molecule has 0 heterocycles. The summed E-state index contributed by atoms with van der Waals surface area (Å²) in [6.45, 7) is 1.38. The van der Waals surface area contributed by atoms with Crippen LogP contribution in [-0.2, 0) is 27.6 Å². The van der Waals surface area contributed by atoms with Crippen molar-refractivity contribution in [3.63, 3.8) is 0 Å². The van der Waals surface area contributed by atoms with Gasteiger partial charge in [-0.05, 0) is 48.2 Å². The lowest BCUT2D eigenvalue weighted by atomic mass is 10.0. The third-order valence-corrected chi connectivity index (χ3v) is 7.89. The van der Waals surface area contributed by atoms with Gasteiger partial charge < -0.3 is 26.4 Å². The number of carbonyl (C=O) groups is 2. The molecule has 0 saturated carbocycles. The Morgan fingerprint density at radius 2 is 1.82 bits per heavy atom. The lowest BCUT2D eigenvalue weighted by Crippen LogP contribution is -2.56. The maximum Gasteiger partial charge on any atom is 0.315 e. The van der Waals surface area contributed by atoms with Crippen LogP contribution in [0.1, 0.15) is 36.5 Å². The first-order chi connectivity index (χ1) is 18.9. The predicted molar refractivity (Wildman–Crippen MR) is 149 cm³/mol. The largest absolute Gasteiger partial charge is 0.390 e. The molecule has 0 aliphatic carbocycles. The summed E-state index contributed by atoms with van der Waals surface area (Å²) >= 11 is 0. The van der Waals surface area contributed by atoms with Crippen molar-refractivity contribution in [1.29, 1.82) is 0 Å². The molecule has 5 N–H and O–H groups in total. The molecular weight excluding hydrogens is 542 g/mol. The van der Waals surface area contributed by atoms with E-state index in [4.69, 9.17) is 12.2 Å². The number of sulfone groups is 1. The highest BCUT2D eigenvalue weighted by Gasteiger charge is 2.32. The number of benzene rings is 2. The van der Waals surface area contributed by atoms with E-state index in [0.717, 1.165) is 12.1 Å². The van der Waals surface area contributed by atoms with Crippen LogP contribution in [-0.4, -0.2) is 73.6 Å². The van der Waals surface area contributed by atoms with Gasteiger partial charge in [0, 0.05) is 37.8 Å². The Morgan fingerprint density at radius 3 is 2.42 bits per heavy atom. The average Bonchev–Trinajstić information content (AvgIpc) is 2.90. The third kappa shape index (κ3) is 10.6. The van der Waals surface area contributed by atoms with Gasteiger partial charge in [0.05, 0.1) is 17.6 Å². The Labute approximate surface area is 234 Å². The predicted octanol–water partition coefficient (Wildman–Crippen LogP) is 1.72. The number of hydrogen-bond donors (Lipinski definition) is 4. The number of aliphatic hydroxyl groups excluding tert-OH is 1. The number of carbonyl (C=O) groups excluding carboxylic acids is 2. The van der Waals surface area contributed by atoms with E-state index in [0.29, 0.717) is 30.0 Å². The number of terminal acetylenes is 1. The molecule has 12 heteroatoms. The number of nitrogens with zero attached hydrogens (tertiary/aromatic N) is 1. The number of nitrogens with one attached hydrogen (secondary N) is 2. The summed E-state index contributed by atoms with van der Waals surface area (Å²) in [7, 11) is -2.40. The fraction of sp³-hybridized carbons (Fsp3) is 0.429. The van der Waals surface area contributed by atoms with Crippen LogP contribution in [0.5, 0.6) is 0 Å². The Hall–Kier alpha value is -3.53. The second-order valence-corrected chi connectivity index (χ2v) is 11.7. The molecular formula is C28H36F2N4O5S. The monoisotopic (exact) mass is 578 g/mol. The number of urea groups is 1. The third-order valence-electron chi connectivity index (χ3n) is 6.13. The summed E-state index contributed by atoms with van der Waals surface area (Å²) < 4.78 is 52.7. The maximum atomic E-state index is 13.7. The summed E-state index contributed by atoms with van der Waals surface area (Å²) in [4.78, 5) is 27.1. The standard InChI is InChI=1S/C28H36F2N4O5S/c1-4-6-10-40(38,39)18-25(33-28(37)32-3)27(36)34(16-20-9-7-8-19(5-2)11-20)17-26(35)24(31)14-21-12-22(29)15-23(30)13-21/h2,7-9,11-13,15,24-26,35H,4,6,10,14,16-18,31H2,1,3H3,(H2,32,33,37)/t24-,25+,26+/m0/s1. The zero-order valence-corrected chi connectivity index (χ0v) is 23.4. The van der Waals surface area contributed by atoms with Crippen molar-refractivity contribution in [3.05, 3.63) is 70.8 Å². The van der Waals surface area contributed by atoms with Crippen molar-refractivity contribution in [3.8, 4) is 12.3 Å². The molecule has 0 aliphatic rings. The summed E-state index contributed by atoms with van der Waals surface area (Å²) in [6, 6.07) is 6.36. The minimum Gasteiger partial charge on any atom is -0.390 e. The number of rotatable bonds is 14. The number of hydrogen-bond acceptors (Lipinski definition) is 6. The van der Waals surface area contributed by atoms with Gasteiger partial charge in [-0.25, -0.2) is 22.0 Å². The highest BCUT2D eigenvalue weighted by Crippen LogP contribution is 2.15. The smallest absolute Gasteiger partial charge is 0.315 e. The van der Waals surface area contributed by atoms with Crippen LogP contribution in [0.25, 0.3) is 0 Å². The molecule has 0 radical (unpaired) electrons. The maximum absolute atomic E-state index is 13.7. The fourth-order valence-corrected chi connectivity index (χ4v) is 5.67. The van der Waals surface area contributed by atoms with Crippen LogP contribution in [0.4, 0.5) is 13.6 Å². The average molecular weight is 579 g/mol. The number of unbranched alkanes of at least 4 members (excludes halogenated alkanes) is 1. The van der Waals surface area contributed by atoms with E-state index >= 15 is 0 Å². The first-order valence-electron chi connectivity index (χ1n) is 12.8. The Kier molecular flexibility index (Phi) is 12.5. The van der Waals surface area contributed by atoms with E-state index < -0.39 is 57.4 Å². The molecule has 0 unspecified atom stereocenters. The van der Waals surface area contributed by atoms with Crippen LogP contribution in [0, 0.1) is 24.0 Å². The van der Waals surface area contributed by atoms with Crippen LogP contribution in [0.15, 0.2) is 42.5 Å². The van der Waals surface area contributed by atoms with Gasteiger partial charge >= 0.3 is 6.03 Å². The molecule has 2 rings (SSSR count). The van der Waals surface area contributed by atoms with Gasteiger partial charge in [0.2, 0.25) is 5.91 Å². The van der Waals surface area contributed by atoms with Crippen molar-refractivity contribution in [1.82, 2.24) is 15.5 Å². The number of aliphatic hydroxyl groups is 1. The minimum absolute atomic E-state index is 0.0896. The second kappa shape index (κ2) is 15.3. The number of nitrogens with two attached hydrogens (primary N) is 1. The summed E-state index contributed by atoms with van der Waals surface area (Å²) in [5.41, 5.74) is 7.48. The van der Waals surface area contributed by atoms with E-state index in [-0.39, 0.29) is 30.8 Å². The Balaban J connectivity index is 2.37. The van der Waals surface area contributed by atoms with Crippen molar-refractivity contribution < 1.29 is 31.9 Å². The Bertz CT molecular complexity index is 1300. The number of amides is 3. The van der Waals surface area contributed by atoms with E-state index in [1.807, 2.05) is 6.92 Å². The molecule has 0 bridgehead atoms. The number of halogens is 2. The molecule has 0 fully saturated rings. The summed E-state index contributed by atoms with van der Waals surface area (Å²) in [6.07, 6.45) is 5.03. The molecule has 218 valence electrons. The zero-order valence-electron chi connectivity index (χ0n) is 22.6. The van der Waals surface area contributed by atoms with Crippen LogP contribution in [0.2, 0.25) is 0 Å². The first kappa shape index (κ1) is 32.7. The van der Waals surface area contributed by atoms with Crippen LogP contribution >= 0.6 is 0 Å². The van der Waals surface area contributed by atoms with Crippen molar-refractivity contribution >= 4 is 21.8 Å². The molecule has 0 aromatic heterocycles. The molecule has 3 atom stereocenters. The topological polar surface area (TPSA) is 142 Å². The van der Waals surface area contributed by atoms with Gasteiger partial charge in [-0.3, -0.25) is 4.79 Å². The highest BCUT2D eigenvalue weighted by atomic mass is 32.2. The van der Waals surface area contributed by atoms with E-state index in [2.05, 4.69) is 16.6 Å². The Morgan fingerprint density at radius 1 is 1.15 bits per heavy atom. The lowest BCUT2D eigenvalue weighted by molar-refractivity contribution is -0.135. The normalized spacial score (nSPS) is 13.5. The highest BCUT2D eigenvalue weighted by molar-refractivity contribution is 7.91. The molecule has 0 saturated heterocycles. The summed E-state index contributed by atoms with van der Waals surface area (Å²) in [5, 5.41) is 15.6. The zero-order chi connectivity index (χ0) is 29.9. The van der Waals surface area contributed by atoms with E-state index in [1.54, 1.807) is 24.3 Å². The van der Waals surface area contributed by atoms with Crippen molar-refractivity contribution in [2.45, 2.75) is 50.9 Å². The minimum atomic E-state index is -3.73. The van der Waals surface area contributed by atoms with Gasteiger partial charge in [-0.1, -0.05) is 31.4 Å². The van der Waals surface area contributed by atoms with Crippen LogP contribution < -0.4 is 16.4 Å². The quantitative estimate of drug-likeness (QED) is 0.252. The molecule has 0 aliphatic heterocycles.